The molecule has 0 saturated heterocycles. The van der Waals surface area contributed by atoms with Gasteiger partial charge in [-0.05, 0) is 51.4 Å². The second-order valence-electron chi connectivity index (χ2n) is 27.4. The van der Waals surface area contributed by atoms with Gasteiger partial charge in [0, 0.05) is 12.8 Å². The van der Waals surface area contributed by atoms with Crippen molar-refractivity contribution in [1.29, 1.82) is 0 Å². The number of esters is 1. The van der Waals surface area contributed by atoms with Crippen LogP contribution in [-0.4, -0.2) is 47.4 Å². The van der Waals surface area contributed by atoms with Crippen molar-refractivity contribution in [3.8, 4) is 0 Å². The predicted molar refractivity (Wildman–Crippen MR) is 375 cm³/mol. The van der Waals surface area contributed by atoms with Gasteiger partial charge in [0.1, 0.15) is 0 Å². The summed E-state index contributed by atoms with van der Waals surface area (Å²) in [5.41, 5.74) is 0. The van der Waals surface area contributed by atoms with Crippen molar-refractivity contribution in [2.75, 3.05) is 13.2 Å². The summed E-state index contributed by atoms with van der Waals surface area (Å²) in [5, 5.41) is 23.4. The molecule has 506 valence electrons. The molecule has 0 heterocycles. The zero-order valence-electron chi connectivity index (χ0n) is 58.1. The molecule has 0 aromatic carbocycles. The Morgan fingerprint density at radius 3 is 0.835 bits per heavy atom. The molecule has 85 heavy (non-hydrogen) atoms. The highest BCUT2D eigenvalue weighted by atomic mass is 16.5. The van der Waals surface area contributed by atoms with E-state index in [1.54, 1.807) is 0 Å². The van der Waals surface area contributed by atoms with Crippen molar-refractivity contribution in [3.63, 3.8) is 0 Å². The average molecular weight is 1200 g/mol. The number of amides is 1. The van der Waals surface area contributed by atoms with Crippen LogP contribution < -0.4 is 5.32 Å². The smallest absolute Gasteiger partial charge is 0.305 e. The first-order chi connectivity index (χ1) is 42.0. The summed E-state index contributed by atoms with van der Waals surface area (Å²) in [5.74, 6) is -0.00420. The Labute approximate surface area is 533 Å². The molecule has 0 aliphatic carbocycles. The third kappa shape index (κ3) is 71.6. The van der Waals surface area contributed by atoms with Gasteiger partial charge in [0.15, 0.2) is 0 Å². The quantitative estimate of drug-likeness (QED) is 0.0320. The molecule has 2 unspecified atom stereocenters. The maximum absolute atomic E-state index is 12.5. The van der Waals surface area contributed by atoms with Gasteiger partial charge >= 0.3 is 5.97 Å². The van der Waals surface area contributed by atoms with Crippen LogP contribution in [0.15, 0.2) is 12.2 Å². The van der Waals surface area contributed by atoms with Crippen molar-refractivity contribution in [2.24, 2.45) is 0 Å². The van der Waals surface area contributed by atoms with Crippen molar-refractivity contribution in [3.05, 3.63) is 12.2 Å². The van der Waals surface area contributed by atoms with Crippen molar-refractivity contribution < 1.29 is 24.5 Å². The summed E-state index contributed by atoms with van der Waals surface area (Å²) in [6, 6.07) is -0.540. The van der Waals surface area contributed by atoms with Gasteiger partial charge in [-0.1, -0.05) is 405 Å². The van der Waals surface area contributed by atoms with Gasteiger partial charge in [0.2, 0.25) is 5.91 Å². The van der Waals surface area contributed by atoms with Crippen LogP contribution in [0.5, 0.6) is 0 Å². The van der Waals surface area contributed by atoms with Crippen molar-refractivity contribution in [1.82, 2.24) is 5.32 Å². The van der Waals surface area contributed by atoms with Crippen LogP contribution in [0.4, 0.5) is 0 Å². The number of hydrogen-bond acceptors (Lipinski definition) is 5. The monoisotopic (exact) mass is 1200 g/mol. The number of hydrogen-bond donors (Lipinski definition) is 3. The molecular weight excluding hydrogens is 1040 g/mol. The van der Waals surface area contributed by atoms with Gasteiger partial charge < -0.3 is 20.3 Å². The number of ether oxygens (including phenoxy) is 1. The first kappa shape index (κ1) is 83.6. The topological polar surface area (TPSA) is 95.9 Å². The van der Waals surface area contributed by atoms with E-state index in [9.17, 15) is 19.8 Å². The average Bonchev–Trinajstić information content (AvgIpc) is 3.51. The first-order valence-corrected chi connectivity index (χ1v) is 39.4. The summed E-state index contributed by atoms with van der Waals surface area (Å²) in [7, 11) is 0. The number of allylic oxidation sites excluding steroid dienone is 2. The van der Waals surface area contributed by atoms with Crippen molar-refractivity contribution in [2.45, 2.75) is 469 Å². The first-order valence-electron chi connectivity index (χ1n) is 39.4. The Balaban J connectivity index is 3.33. The molecule has 0 aromatic rings. The SMILES string of the molecule is CCCCCCCCCCCCCCCCCCCCCC(=O)OCCCCCCCCCCCCCC/C=C\CCCCCCCCCCCCCCCCCC(=O)NC(CO)C(O)CCCCCCCCCCCCCCCCCCCC. The fraction of sp³-hybridized carbons (Fsp3) is 0.949. The van der Waals surface area contributed by atoms with Crippen LogP contribution in [0.3, 0.4) is 0 Å². The molecule has 0 aromatic heterocycles. The Bertz CT molecular complexity index is 1290. The molecule has 0 aliphatic heterocycles. The van der Waals surface area contributed by atoms with E-state index >= 15 is 0 Å². The van der Waals surface area contributed by atoms with E-state index in [4.69, 9.17) is 4.74 Å². The number of nitrogens with one attached hydrogen (secondary N) is 1. The maximum atomic E-state index is 12.5. The van der Waals surface area contributed by atoms with Gasteiger partial charge in [0.05, 0.1) is 25.4 Å². The zero-order valence-corrected chi connectivity index (χ0v) is 58.1. The molecule has 0 rings (SSSR count). The number of unbranched alkanes of at least 4 members (excludes halogenated alkanes) is 62. The van der Waals surface area contributed by atoms with Crippen molar-refractivity contribution >= 4 is 11.9 Å². The van der Waals surface area contributed by atoms with Crippen LogP contribution in [0.2, 0.25) is 0 Å². The molecule has 3 N–H and O–H groups in total. The Morgan fingerprint density at radius 1 is 0.318 bits per heavy atom. The highest BCUT2D eigenvalue weighted by Crippen LogP contribution is 2.20. The summed E-state index contributed by atoms with van der Waals surface area (Å²) in [4.78, 5) is 24.7. The minimum atomic E-state index is -0.663. The van der Waals surface area contributed by atoms with Crippen LogP contribution in [0.25, 0.3) is 0 Å². The predicted octanol–water partition coefficient (Wildman–Crippen LogP) is 25.9. The zero-order chi connectivity index (χ0) is 61.3. The lowest BCUT2D eigenvalue weighted by atomic mass is 10.0. The van der Waals surface area contributed by atoms with Gasteiger partial charge in [-0.25, -0.2) is 0 Å². The largest absolute Gasteiger partial charge is 0.466 e. The lowest BCUT2D eigenvalue weighted by molar-refractivity contribution is -0.143. The molecule has 6 nitrogen and oxygen atoms in total. The van der Waals surface area contributed by atoms with E-state index in [-0.39, 0.29) is 18.5 Å². The normalized spacial score (nSPS) is 12.5. The van der Waals surface area contributed by atoms with Gasteiger partial charge in [-0.3, -0.25) is 9.59 Å². The summed E-state index contributed by atoms with van der Waals surface area (Å²) >= 11 is 0. The minimum absolute atomic E-state index is 0.0238. The van der Waals surface area contributed by atoms with Gasteiger partial charge in [-0.15, -0.1) is 0 Å². The molecule has 1 amide bonds. The number of rotatable bonds is 75. The lowest BCUT2D eigenvalue weighted by Gasteiger charge is -2.22. The fourth-order valence-corrected chi connectivity index (χ4v) is 12.8. The molecular formula is C79H155NO5. The second kappa shape index (κ2) is 75.1. The van der Waals surface area contributed by atoms with Crippen LogP contribution in [0, 0.1) is 0 Å². The van der Waals surface area contributed by atoms with Gasteiger partial charge in [0.25, 0.3) is 0 Å². The fourth-order valence-electron chi connectivity index (χ4n) is 12.8. The third-order valence-electron chi connectivity index (χ3n) is 18.8. The maximum Gasteiger partial charge on any atom is 0.305 e. The number of aliphatic hydroxyl groups is 2. The highest BCUT2D eigenvalue weighted by Gasteiger charge is 2.20. The summed E-state index contributed by atoms with van der Waals surface area (Å²) < 4.78 is 5.52. The molecule has 0 aliphatic rings. The molecule has 2 atom stereocenters. The van der Waals surface area contributed by atoms with Crippen LogP contribution >= 0.6 is 0 Å². The van der Waals surface area contributed by atoms with E-state index in [0.29, 0.717) is 25.9 Å². The Hall–Kier alpha value is -1.40. The van der Waals surface area contributed by atoms with E-state index in [2.05, 4.69) is 31.3 Å². The molecule has 6 heteroatoms. The van der Waals surface area contributed by atoms with E-state index in [0.717, 1.165) is 38.5 Å². The van der Waals surface area contributed by atoms with E-state index in [1.807, 2.05) is 0 Å². The molecule has 0 radical (unpaired) electrons. The number of carbonyl (C=O) groups is 2. The second-order valence-corrected chi connectivity index (χ2v) is 27.4. The molecule has 0 bridgehead atoms. The number of carbonyl (C=O) groups excluding carboxylic acids is 2. The Kier molecular flexibility index (Phi) is 73.8. The third-order valence-corrected chi connectivity index (χ3v) is 18.8. The van der Waals surface area contributed by atoms with Gasteiger partial charge in [-0.2, -0.15) is 0 Å². The molecule has 0 fully saturated rings. The standard InChI is InChI=1S/C79H155NO5/c1-3-5-7-9-11-13-15-17-19-21-36-41-45-49-53-57-61-65-69-73-79(84)85-74-70-66-62-58-54-50-46-42-38-35-33-31-29-27-25-23-24-26-28-30-32-34-37-40-44-48-52-56-60-64-68-72-78(83)80-76(75-81)77(82)71-67-63-59-55-51-47-43-39-22-20-18-16-14-12-10-8-6-4-2/h25,27,76-77,81-82H,3-24,26,28-75H2,1-2H3,(H,80,83)/b27-25-. The van der Waals surface area contributed by atoms with Crippen LogP contribution in [-0.2, 0) is 14.3 Å². The highest BCUT2D eigenvalue weighted by molar-refractivity contribution is 5.76. The van der Waals surface area contributed by atoms with E-state index < -0.39 is 12.1 Å². The summed E-state index contributed by atoms with van der Waals surface area (Å²) in [6.45, 7) is 5.01. The Morgan fingerprint density at radius 2 is 0.553 bits per heavy atom. The molecule has 0 spiro atoms. The lowest BCUT2D eigenvalue weighted by Crippen LogP contribution is -2.45. The summed E-state index contributed by atoms with van der Waals surface area (Å²) in [6.07, 6.45) is 94.4. The van der Waals surface area contributed by atoms with E-state index in [1.165, 1.54) is 385 Å². The molecule has 0 saturated carbocycles. The number of aliphatic hydroxyl groups excluding tert-OH is 2. The minimum Gasteiger partial charge on any atom is -0.466 e. The van der Waals surface area contributed by atoms with Crippen LogP contribution in [0.1, 0.15) is 457 Å².